The maximum Gasteiger partial charge on any atom is 0.279 e. The minimum Gasteiger partial charge on any atom is -0.326 e. The van der Waals surface area contributed by atoms with Crippen molar-refractivity contribution < 1.29 is 17.2 Å². The summed E-state index contributed by atoms with van der Waals surface area (Å²) in [5.41, 5.74) is 4.49. The van der Waals surface area contributed by atoms with Crippen LogP contribution in [0.2, 0.25) is 0 Å². The van der Waals surface area contributed by atoms with Crippen LogP contribution in [0.4, 0.5) is 8.78 Å². The van der Waals surface area contributed by atoms with Gasteiger partial charge in [0, 0.05) is 23.4 Å². The van der Waals surface area contributed by atoms with Gasteiger partial charge in [0.1, 0.15) is 0 Å². The van der Waals surface area contributed by atoms with Crippen molar-refractivity contribution in [2.24, 2.45) is 5.73 Å². The molecule has 0 aliphatic heterocycles. The molecule has 84 valence electrons. The van der Waals surface area contributed by atoms with Gasteiger partial charge in [-0.1, -0.05) is 0 Å². The van der Waals surface area contributed by atoms with Gasteiger partial charge in [0.05, 0.1) is 5.56 Å². The summed E-state index contributed by atoms with van der Waals surface area (Å²) in [6.45, 7) is -0.207. The molecule has 0 atom stereocenters. The molecular weight excluding hydrogens is 250 g/mol. The van der Waals surface area contributed by atoms with Crippen LogP contribution in [-0.4, -0.2) is 13.4 Å². The predicted octanol–water partition coefficient (Wildman–Crippen LogP) is 1.41. The number of aromatic nitrogens is 1. The van der Waals surface area contributed by atoms with Crippen molar-refractivity contribution in [1.29, 1.82) is 0 Å². The predicted molar refractivity (Wildman–Crippen MR) is 50.1 cm³/mol. The van der Waals surface area contributed by atoms with E-state index in [-0.39, 0.29) is 12.1 Å². The van der Waals surface area contributed by atoms with Crippen molar-refractivity contribution in [3.8, 4) is 0 Å². The van der Waals surface area contributed by atoms with Crippen molar-refractivity contribution in [2.45, 2.75) is 18.0 Å². The average molecular weight is 257 g/mol. The summed E-state index contributed by atoms with van der Waals surface area (Å²) >= 11 is 0. The van der Waals surface area contributed by atoms with Gasteiger partial charge in [0.2, 0.25) is 0 Å². The van der Waals surface area contributed by atoms with E-state index in [2.05, 4.69) is 4.98 Å². The number of hydrogen-bond acceptors (Lipinski definition) is 4. The summed E-state index contributed by atoms with van der Waals surface area (Å²) < 4.78 is 47.1. The molecule has 0 saturated heterocycles. The molecule has 0 aliphatic carbocycles. The molecule has 1 rings (SSSR count). The van der Waals surface area contributed by atoms with Crippen molar-refractivity contribution in [2.75, 3.05) is 0 Å². The van der Waals surface area contributed by atoms with Crippen molar-refractivity contribution in [3.63, 3.8) is 0 Å². The lowest BCUT2D eigenvalue weighted by Gasteiger charge is -2.09. The highest BCUT2D eigenvalue weighted by Gasteiger charge is 2.25. The molecular formula is C7H7ClF2N2O2S. The van der Waals surface area contributed by atoms with Crippen LogP contribution in [0.25, 0.3) is 0 Å². The molecule has 0 saturated carbocycles. The molecule has 1 heterocycles. The highest BCUT2D eigenvalue weighted by Crippen LogP contribution is 2.29. The number of hydrogen-bond donors (Lipinski definition) is 1. The van der Waals surface area contributed by atoms with Crippen molar-refractivity contribution in [3.05, 3.63) is 23.4 Å². The van der Waals surface area contributed by atoms with Crippen LogP contribution in [0.3, 0.4) is 0 Å². The fraction of sp³-hybridized carbons (Fsp3) is 0.286. The van der Waals surface area contributed by atoms with E-state index in [0.29, 0.717) is 0 Å². The van der Waals surface area contributed by atoms with Crippen LogP contribution in [-0.2, 0) is 15.6 Å². The first-order valence-electron chi connectivity index (χ1n) is 3.78. The van der Waals surface area contributed by atoms with Gasteiger partial charge in [0.25, 0.3) is 15.5 Å². The molecule has 0 unspecified atom stereocenters. The molecule has 0 amide bonds. The van der Waals surface area contributed by atoms with Gasteiger partial charge in [0.15, 0.2) is 5.03 Å². The summed E-state index contributed by atoms with van der Waals surface area (Å²) in [4.78, 5) is 3.32. The Labute approximate surface area is 89.5 Å². The van der Waals surface area contributed by atoms with E-state index in [9.17, 15) is 17.2 Å². The second-order valence-electron chi connectivity index (χ2n) is 2.63. The first kappa shape index (κ1) is 12.3. The highest BCUT2D eigenvalue weighted by molar-refractivity contribution is 8.13. The number of nitrogens with zero attached hydrogens (tertiary/aromatic N) is 1. The van der Waals surface area contributed by atoms with Gasteiger partial charge in [-0.15, -0.1) is 0 Å². The van der Waals surface area contributed by atoms with E-state index in [1.807, 2.05) is 0 Å². The Kier molecular flexibility index (Phi) is 3.58. The maximum absolute atomic E-state index is 12.6. The zero-order chi connectivity index (χ0) is 11.6. The van der Waals surface area contributed by atoms with Gasteiger partial charge < -0.3 is 5.73 Å². The van der Waals surface area contributed by atoms with Crippen molar-refractivity contribution >= 4 is 19.7 Å². The quantitative estimate of drug-likeness (QED) is 0.830. The Bertz CT molecular complexity index is 464. The Morgan fingerprint density at radius 3 is 2.53 bits per heavy atom. The van der Waals surface area contributed by atoms with E-state index in [0.717, 1.165) is 6.20 Å². The van der Waals surface area contributed by atoms with E-state index in [4.69, 9.17) is 16.4 Å². The van der Waals surface area contributed by atoms with Gasteiger partial charge in [-0.05, 0) is 11.6 Å². The van der Waals surface area contributed by atoms with Crippen LogP contribution in [0.1, 0.15) is 17.6 Å². The number of nitrogens with two attached hydrogens (primary N) is 1. The van der Waals surface area contributed by atoms with E-state index >= 15 is 0 Å². The SMILES string of the molecule is NCc1ccnc(S(=O)(=O)Cl)c1C(F)F. The fourth-order valence-electron chi connectivity index (χ4n) is 1.10. The molecule has 8 heteroatoms. The second-order valence-corrected chi connectivity index (χ2v) is 5.11. The topological polar surface area (TPSA) is 73.0 Å². The van der Waals surface area contributed by atoms with Crippen molar-refractivity contribution in [1.82, 2.24) is 4.98 Å². The molecule has 0 aromatic carbocycles. The molecule has 0 spiro atoms. The largest absolute Gasteiger partial charge is 0.326 e. The third-order valence-electron chi connectivity index (χ3n) is 1.71. The monoisotopic (exact) mass is 256 g/mol. The number of alkyl halides is 2. The summed E-state index contributed by atoms with van der Waals surface area (Å²) in [5, 5.41) is -0.831. The van der Waals surface area contributed by atoms with Gasteiger partial charge in [-0.3, -0.25) is 0 Å². The average Bonchev–Trinajstić information content (AvgIpc) is 2.15. The van der Waals surface area contributed by atoms with E-state index in [1.54, 1.807) is 0 Å². The van der Waals surface area contributed by atoms with E-state index < -0.39 is 26.1 Å². The zero-order valence-electron chi connectivity index (χ0n) is 7.32. The standard InChI is InChI=1S/C7H7ClF2N2O2S/c8-15(13,14)7-5(6(9)10)4(3-11)1-2-12-7/h1-2,6H,3,11H2. The first-order valence-corrected chi connectivity index (χ1v) is 6.09. The number of pyridine rings is 1. The van der Waals surface area contributed by atoms with Gasteiger partial charge in [-0.2, -0.15) is 0 Å². The Balaban J connectivity index is 3.53. The lowest BCUT2D eigenvalue weighted by Crippen LogP contribution is -2.09. The zero-order valence-corrected chi connectivity index (χ0v) is 8.89. The van der Waals surface area contributed by atoms with Crippen LogP contribution in [0.15, 0.2) is 17.3 Å². The lowest BCUT2D eigenvalue weighted by atomic mass is 10.1. The van der Waals surface area contributed by atoms with Gasteiger partial charge in [-0.25, -0.2) is 22.2 Å². The maximum atomic E-state index is 12.6. The first-order chi connectivity index (χ1) is 6.88. The summed E-state index contributed by atoms with van der Waals surface area (Å²) in [6.07, 6.45) is -1.91. The Morgan fingerprint density at radius 1 is 1.53 bits per heavy atom. The Hall–Kier alpha value is -0.790. The molecule has 15 heavy (non-hydrogen) atoms. The van der Waals surface area contributed by atoms with Crippen LogP contribution in [0.5, 0.6) is 0 Å². The fourth-order valence-corrected chi connectivity index (χ4v) is 2.14. The van der Waals surface area contributed by atoms with Crippen LogP contribution >= 0.6 is 10.7 Å². The van der Waals surface area contributed by atoms with E-state index in [1.165, 1.54) is 6.07 Å². The summed E-state index contributed by atoms with van der Waals surface area (Å²) in [7, 11) is 0.687. The smallest absolute Gasteiger partial charge is 0.279 e. The molecule has 0 bridgehead atoms. The number of rotatable bonds is 3. The molecule has 2 N–H and O–H groups in total. The van der Waals surface area contributed by atoms with Crippen LogP contribution in [0, 0.1) is 0 Å². The molecule has 4 nitrogen and oxygen atoms in total. The minimum atomic E-state index is -4.29. The van der Waals surface area contributed by atoms with Crippen LogP contribution < -0.4 is 5.73 Å². The summed E-state index contributed by atoms with van der Waals surface area (Å²) in [5.74, 6) is 0. The lowest BCUT2D eigenvalue weighted by molar-refractivity contribution is 0.146. The third kappa shape index (κ3) is 2.61. The second kappa shape index (κ2) is 4.38. The highest BCUT2D eigenvalue weighted by atomic mass is 35.7. The third-order valence-corrected chi connectivity index (χ3v) is 2.94. The normalized spacial score (nSPS) is 12.1. The Morgan fingerprint density at radius 2 is 2.13 bits per heavy atom. The molecule has 1 aromatic rings. The van der Waals surface area contributed by atoms with Gasteiger partial charge >= 0.3 is 0 Å². The summed E-state index contributed by atoms with van der Waals surface area (Å²) in [6, 6.07) is 1.23. The molecule has 0 fully saturated rings. The molecule has 0 aliphatic rings. The molecule has 0 radical (unpaired) electrons. The minimum absolute atomic E-state index is 0.0132. The molecule has 1 aromatic heterocycles. The number of halogens is 3.